The van der Waals surface area contributed by atoms with Crippen LogP contribution < -0.4 is 0 Å². The van der Waals surface area contributed by atoms with Crippen LogP contribution in [0.4, 0.5) is 0 Å². The first kappa shape index (κ1) is 13.6. The summed E-state index contributed by atoms with van der Waals surface area (Å²) in [5.41, 5.74) is 0. The molecule has 0 bridgehead atoms. The molecule has 0 fully saturated rings. The van der Waals surface area contributed by atoms with Gasteiger partial charge in [-0.3, -0.25) is 0 Å². The van der Waals surface area contributed by atoms with Gasteiger partial charge in [-0.2, -0.15) is 0 Å². The zero-order chi connectivity index (χ0) is 10.6. The quantitative estimate of drug-likeness (QED) is 0.559. The molecule has 0 aromatic heterocycles. The fraction of sp³-hybridized carbons (Fsp3) is 1.00. The summed E-state index contributed by atoms with van der Waals surface area (Å²) >= 11 is 5.19. The molecule has 0 aliphatic heterocycles. The maximum atomic E-state index is 8.84. The molecule has 0 unspecified atom stereocenters. The number of nitrogens with zero attached hydrogens (tertiary/aromatic N) is 1. The summed E-state index contributed by atoms with van der Waals surface area (Å²) in [6.45, 7) is 8.19. The summed E-state index contributed by atoms with van der Waals surface area (Å²) < 4.78 is 4.76. The Morgan fingerprint density at radius 3 is 1.85 bits per heavy atom. The predicted octanol–water partition coefficient (Wildman–Crippen LogP) is 1.71. The van der Waals surface area contributed by atoms with Crippen molar-refractivity contribution in [3.05, 3.63) is 0 Å². The SMILES string of the molecule is CC(C)N(CO[PH](O)(O)Cl)C(C)C. The van der Waals surface area contributed by atoms with E-state index in [1.54, 1.807) is 0 Å². The zero-order valence-electron chi connectivity index (χ0n) is 8.49. The summed E-state index contributed by atoms with van der Waals surface area (Å²) in [4.78, 5) is 19.7. The van der Waals surface area contributed by atoms with Crippen LogP contribution in [0.2, 0.25) is 0 Å². The van der Waals surface area contributed by atoms with Crippen LogP contribution >= 0.6 is 18.5 Å². The van der Waals surface area contributed by atoms with Gasteiger partial charge in [0.05, 0.1) is 0 Å². The first-order chi connectivity index (χ1) is 5.74. The van der Waals surface area contributed by atoms with E-state index in [0.29, 0.717) is 0 Å². The van der Waals surface area contributed by atoms with Crippen LogP contribution in [0.25, 0.3) is 0 Å². The van der Waals surface area contributed by atoms with Gasteiger partial charge in [0.2, 0.25) is 0 Å². The Hall–Kier alpha value is 0.560. The van der Waals surface area contributed by atoms with Crippen molar-refractivity contribution in [1.82, 2.24) is 4.90 Å². The van der Waals surface area contributed by atoms with E-state index in [0.717, 1.165) is 0 Å². The van der Waals surface area contributed by atoms with Gasteiger partial charge in [-0.15, -0.1) is 0 Å². The number of halogens is 1. The molecule has 0 saturated carbocycles. The molecular formula is C7H19ClNO3P. The van der Waals surface area contributed by atoms with Crippen molar-refractivity contribution in [3.63, 3.8) is 0 Å². The van der Waals surface area contributed by atoms with Crippen molar-refractivity contribution in [1.29, 1.82) is 0 Å². The minimum absolute atomic E-state index is 0.151. The molecule has 0 aliphatic rings. The third kappa shape index (κ3) is 6.61. The first-order valence-electron chi connectivity index (χ1n) is 4.27. The van der Waals surface area contributed by atoms with E-state index < -0.39 is 7.30 Å². The van der Waals surface area contributed by atoms with Crippen molar-refractivity contribution < 1.29 is 14.3 Å². The second kappa shape index (κ2) is 5.44. The van der Waals surface area contributed by atoms with Crippen molar-refractivity contribution in [3.8, 4) is 0 Å². The third-order valence-corrected chi connectivity index (χ3v) is 2.55. The van der Waals surface area contributed by atoms with Gasteiger partial charge in [-0.05, 0) is 0 Å². The summed E-state index contributed by atoms with van der Waals surface area (Å²) in [5.74, 6) is 0. The van der Waals surface area contributed by atoms with E-state index in [2.05, 4.69) is 0 Å². The second-order valence-electron chi connectivity index (χ2n) is 3.50. The fourth-order valence-corrected chi connectivity index (χ4v) is 1.51. The van der Waals surface area contributed by atoms with E-state index in [9.17, 15) is 0 Å². The molecule has 0 aromatic rings. The molecule has 0 aromatic carbocycles. The van der Waals surface area contributed by atoms with Crippen LogP contribution in [0, 0.1) is 0 Å². The Labute approximate surface area is 84.8 Å². The molecule has 0 atom stereocenters. The molecule has 0 aliphatic carbocycles. The van der Waals surface area contributed by atoms with E-state index in [4.69, 9.17) is 25.6 Å². The number of hydrogen-bond acceptors (Lipinski definition) is 4. The summed E-state index contributed by atoms with van der Waals surface area (Å²) in [5, 5.41) is 0. The zero-order valence-corrected chi connectivity index (χ0v) is 10.2. The van der Waals surface area contributed by atoms with Crippen LogP contribution in [0.15, 0.2) is 0 Å². The van der Waals surface area contributed by atoms with Crippen molar-refractivity contribution in [2.75, 3.05) is 6.73 Å². The number of rotatable bonds is 5. The van der Waals surface area contributed by atoms with E-state index in [-0.39, 0.29) is 18.8 Å². The van der Waals surface area contributed by atoms with Gasteiger partial charge < -0.3 is 0 Å². The van der Waals surface area contributed by atoms with Crippen LogP contribution in [0.1, 0.15) is 27.7 Å². The Bertz CT molecular complexity index is 141. The second-order valence-corrected chi connectivity index (χ2v) is 6.33. The maximum absolute atomic E-state index is 8.84. The molecule has 0 saturated heterocycles. The Morgan fingerprint density at radius 1 is 1.23 bits per heavy atom. The van der Waals surface area contributed by atoms with Crippen molar-refractivity contribution in [2.45, 2.75) is 39.8 Å². The van der Waals surface area contributed by atoms with Gasteiger partial charge in [0.1, 0.15) is 0 Å². The molecular weight excluding hydrogens is 213 g/mol. The summed E-state index contributed by atoms with van der Waals surface area (Å²) in [6, 6.07) is 0.570. The number of hydrogen-bond donors (Lipinski definition) is 2. The van der Waals surface area contributed by atoms with Gasteiger partial charge >= 0.3 is 84.3 Å². The van der Waals surface area contributed by atoms with E-state index in [1.807, 2.05) is 32.6 Å². The van der Waals surface area contributed by atoms with Gasteiger partial charge in [-0.1, -0.05) is 0 Å². The van der Waals surface area contributed by atoms with Crippen molar-refractivity contribution in [2.24, 2.45) is 0 Å². The topological polar surface area (TPSA) is 52.9 Å². The standard InChI is InChI=1S/C7H19ClNO3P/c1-6(2)9(7(3)4)5-12-13(8,10)11/h6-7,10-11,13H,5H2,1-4H3. The fourth-order valence-electron chi connectivity index (χ4n) is 1.05. The molecule has 82 valence electrons. The van der Waals surface area contributed by atoms with Gasteiger partial charge in [-0.25, -0.2) is 0 Å². The van der Waals surface area contributed by atoms with Crippen molar-refractivity contribution >= 4 is 18.5 Å². The van der Waals surface area contributed by atoms with E-state index in [1.165, 1.54) is 0 Å². The van der Waals surface area contributed by atoms with Crippen LogP contribution in [0.5, 0.6) is 0 Å². The molecule has 6 heteroatoms. The van der Waals surface area contributed by atoms with Gasteiger partial charge in [0.25, 0.3) is 0 Å². The molecule has 4 nitrogen and oxygen atoms in total. The monoisotopic (exact) mass is 231 g/mol. The molecule has 0 heterocycles. The molecule has 0 rings (SSSR count). The summed E-state index contributed by atoms with van der Waals surface area (Å²) in [6.07, 6.45) is 0. The van der Waals surface area contributed by atoms with Crippen LogP contribution in [-0.4, -0.2) is 33.5 Å². The minimum atomic E-state index is -3.88. The van der Waals surface area contributed by atoms with E-state index >= 15 is 0 Å². The molecule has 2 N–H and O–H groups in total. The van der Waals surface area contributed by atoms with Crippen LogP contribution in [0.3, 0.4) is 0 Å². The molecule has 0 spiro atoms. The Kier molecular flexibility index (Phi) is 5.68. The average Bonchev–Trinajstić information content (AvgIpc) is 1.82. The summed E-state index contributed by atoms with van der Waals surface area (Å²) in [7, 11) is -3.88. The molecule has 0 radical (unpaired) electrons. The average molecular weight is 232 g/mol. The third-order valence-electron chi connectivity index (χ3n) is 1.72. The molecule has 0 amide bonds. The van der Waals surface area contributed by atoms with Crippen LogP contribution in [-0.2, 0) is 4.52 Å². The predicted molar refractivity (Wildman–Crippen MR) is 56.7 cm³/mol. The normalized spacial score (nSPS) is 14.6. The van der Waals surface area contributed by atoms with Gasteiger partial charge in [0.15, 0.2) is 0 Å². The molecule has 13 heavy (non-hydrogen) atoms. The Morgan fingerprint density at radius 2 is 1.62 bits per heavy atom. The van der Waals surface area contributed by atoms with Gasteiger partial charge in [0, 0.05) is 0 Å². The Balaban J connectivity index is 3.98. The first-order valence-corrected chi connectivity index (χ1v) is 7.09.